The number of aromatic amines is 2. The van der Waals surface area contributed by atoms with Crippen molar-refractivity contribution >= 4 is 43.1 Å². The predicted molar refractivity (Wildman–Crippen MR) is 116 cm³/mol. The van der Waals surface area contributed by atoms with Crippen molar-refractivity contribution in [1.82, 2.24) is 29.7 Å². The summed E-state index contributed by atoms with van der Waals surface area (Å²) >= 11 is 2.84. The number of hydrogen-bond donors (Lipinski definition) is 2. The van der Waals surface area contributed by atoms with Gasteiger partial charge in [0.05, 0.1) is 24.1 Å². The van der Waals surface area contributed by atoms with Crippen molar-refractivity contribution in [1.29, 1.82) is 0 Å². The Morgan fingerprint density at radius 3 is 1.76 bits per heavy atom. The van der Waals surface area contributed by atoms with Gasteiger partial charge in [0, 0.05) is 13.1 Å². The van der Waals surface area contributed by atoms with Crippen LogP contribution in [0.4, 0.5) is 0 Å². The van der Waals surface area contributed by atoms with Crippen LogP contribution in [0.3, 0.4) is 0 Å². The van der Waals surface area contributed by atoms with Crippen LogP contribution in [0.25, 0.3) is 20.4 Å². The molecule has 0 amide bonds. The highest BCUT2D eigenvalue weighted by Gasteiger charge is 2.18. The van der Waals surface area contributed by atoms with Crippen LogP contribution in [0.1, 0.15) is 18.1 Å². The summed E-state index contributed by atoms with van der Waals surface area (Å²) < 4.78 is 1.36. The molecule has 0 atom stereocenters. The van der Waals surface area contributed by atoms with Gasteiger partial charge in [0.2, 0.25) is 0 Å². The van der Waals surface area contributed by atoms with Gasteiger partial charge in [-0.15, -0.1) is 22.7 Å². The first-order valence-electron chi connectivity index (χ1n) is 9.53. The predicted octanol–water partition coefficient (Wildman–Crippen LogP) is 1.99. The summed E-state index contributed by atoms with van der Waals surface area (Å²) in [6, 6.07) is 3.78. The second-order valence-electron chi connectivity index (χ2n) is 7.20. The van der Waals surface area contributed by atoms with Gasteiger partial charge in [0.25, 0.3) is 11.1 Å². The maximum atomic E-state index is 12.2. The number of thiophene rings is 2. The molecule has 4 aromatic rings. The molecule has 0 spiro atoms. The summed E-state index contributed by atoms with van der Waals surface area (Å²) in [5.74, 6) is 1.42. The molecule has 5 heterocycles. The van der Waals surface area contributed by atoms with E-state index in [2.05, 4.69) is 29.7 Å². The Balaban J connectivity index is 1.25. The minimum Gasteiger partial charge on any atom is -0.308 e. The molecule has 150 valence electrons. The molecule has 1 fully saturated rings. The number of hydrogen-bond acceptors (Lipinski definition) is 8. The van der Waals surface area contributed by atoms with Gasteiger partial charge in [-0.05, 0) is 42.4 Å². The number of aromatic nitrogens is 4. The lowest BCUT2D eigenvalue weighted by atomic mass is 10.3. The molecule has 1 aliphatic heterocycles. The molecule has 5 rings (SSSR count). The first kappa shape index (κ1) is 18.6. The first-order chi connectivity index (χ1) is 14.2. The van der Waals surface area contributed by atoms with Crippen LogP contribution in [0.2, 0.25) is 0 Å². The molecule has 10 heteroatoms. The zero-order valence-corrected chi connectivity index (χ0v) is 17.3. The lowest BCUT2D eigenvalue weighted by molar-refractivity contribution is 0.240. The maximum absolute atomic E-state index is 12.2. The molecular formula is C19H20N6O2S2. The smallest absolute Gasteiger partial charge is 0.268 e. The molecule has 0 radical (unpaired) electrons. The van der Waals surface area contributed by atoms with Crippen LogP contribution < -0.4 is 11.1 Å². The molecular weight excluding hydrogens is 408 g/mol. The average Bonchev–Trinajstić information content (AvgIpc) is 3.30. The van der Waals surface area contributed by atoms with E-state index in [0.717, 1.165) is 43.6 Å². The van der Waals surface area contributed by atoms with Gasteiger partial charge in [-0.25, -0.2) is 9.97 Å². The van der Waals surface area contributed by atoms with Gasteiger partial charge in [0.1, 0.15) is 21.0 Å². The lowest BCUT2D eigenvalue weighted by Gasteiger charge is -2.21. The number of nitrogens with zero attached hydrogens (tertiary/aromatic N) is 4. The van der Waals surface area contributed by atoms with Crippen molar-refractivity contribution in [3.05, 3.63) is 55.2 Å². The van der Waals surface area contributed by atoms with Gasteiger partial charge in [-0.2, -0.15) is 0 Å². The van der Waals surface area contributed by atoms with Crippen LogP contribution in [0.5, 0.6) is 0 Å². The molecule has 2 N–H and O–H groups in total. The Morgan fingerprint density at radius 1 is 0.793 bits per heavy atom. The fourth-order valence-corrected chi connectivity index (χ4v) is 5.21. The minimum absolute atomic E-state index is 0.0599. The molecule has 0 aliphatic carbocycles. The van der Waals surface area contributed by atoms with E-state index in [4.69, 9.17) is 0 Å². The van der Waals surface area contributed by atoms with E-state index in [1.54, 1.807) is 0 Å². The molecule has 1 saturated heterocycles. The summed E-state index contributed by atoms with van der Waals surface area (Å²) in [7, 11) is 0. The van der Waals surface area contributed by atoms with Crippen LogP contribution in [0.15, 0.2) is 32.5 Å². The Kier molecular flexibility index (Phi) is 5.00. The largest absolute Gasteiger partial charge is 0.308 e. The summed E-state index contributed by atoms with van der Waals surface area (Å²) in [5.41, 5.74) is 1.42. The Hall–Kier alpha value is -2.40. The van der Waals surface area contributed by atoms with Crippen molar-refractivity contribution in [2.24, 2.45) is 0 Å². The van der Waals surface area contributed by atoms with Gasteiger partial charge in [-0.3, -0.25) is 19.4 Å². The Bertz CT molecular complexity index is 1170. The molecule has 29 heavy (non-hydrogen) atoms. The van der Waals surface area contributed by atoms with E-state index in [0.29, 0.717) is 34.1 Å². The number of rotatable bonds is 4. The minimum atomic E-state index is -0.0599. The van der Waals surface area contributed by atoms with Crippen molar-refractivity contribution < 1.29 is 0 Å². The summed E-state index contributed by atoms with van der Waals surface area (Å²) in [5, 5.41) is 3.79. The van der Waals surface area contributed by atoms with E-state index in [9.17, 15) is 9.59 Å². The average molecular weight is 429 g/mol. The lowest BCUT2D eigenvalue weighted by Crippen LogP contribution is -2.32. The first-order valence-corrected chi connectivity index (χ1v) is 11.3. The fourth-order valence-electron chi connectivity index (χ4n) is 3.76. The van der Waals surface area contributed by atoms with Crippen LogP contribution >= 0.6 is 22.7 Å². The van der Waals surface area contributed by atoms with Gasteiger partial charge >= 0.3 is 0 Å². The standard InChI is InChI=1S/C19H20N6O2S2/c26-18-16-12(2-8-28-16)20-14(22-18)10-24-4-1-5-25(7-6-24)11-15-21-13-3-9-29-17(13)19(27)23-15/h2-3,8-9H,1,4-7,10-11H2,(H,20,22,26)(H,21,23,27). The van der Waals surface area contributed by atoms with Gasteiger partial charge in [0.15, 0.2) is 0 Å². The van der Waals surface area contributed by atoms with Crippen molar-refractivity contribution in [3.63, 3.8) is 0 Å². The Morgan fingerprint density at radius 2 is 1.28 bits per heavy atom. The quantitative estimate of drug-likeness (QED) is 0.516. The zero-order valence-electron chi connectivity index (χ0n) is 15.7. The monoisotopic (exact) mass is 428 g/mol. The highest BCUT2D eigenvalue weighted by molar-refractivity contribution is 7.17. The highest BCUT2D eigenvalue weighted by Crippen LogP contribution is 2.16. The third-order valence-corrected chi connectivity index (χ3v) is 6.96. The number of nitrogens with one attached hydrogen (secondary N) is 2. The fraction of sp³-hybridized carbons (Fsp3) is 0.368. The second kappa shape index (κ2) is 7.79. The SMILES string of the molecule is O=c1[nH]c(CN2CCCN(Cc3nc4ccsc4c(=O)[nH]3)CC2)nc2ccsc12. The summed E-state index contributed by atoms with van der Waals surface area (Å²) in [6.07, 6.45) is 1.01. The van der Waals surface area contributed by atoms with E-state index in [1.807, 2.05) is 22.9 Å². The van der Waals surface area contributed by atoms with Crippen molar-refractivity contribution in [2.45, 2.75) is 19.5 Å². The van der Waals surface area contributed by atoms with Gasteiger partial charge in [-0.1, -0.05) is 0 Å². The third-order valence-electron chi connectivity index (χ3n) is 5.16. The zero-order chi connectivity index (χ0) is 19.8. The van der Waals surface area contributed by atoms with E-state index >= 15 is 0 Å². The molecule has 0 saturated carbocycles. The van der Waals surface area contributed by atoms with Crippen LogP contribution in [-0.4, -0.2) is 55.9 Å². The molecule has 1 aliphatic rings. The number of H-pyrrole nitrogens is 2. The van der Waals surface area contributed by atoms with Crippen LogP contribution in [-0.2, 0) is 13.1 Å². The topological polar surface area (TPSA) is 98.0 Å². The second-order valence-corrected chi connectivity index (χ2v) is 9.03. The maximum Gasteiger partial charge on any atom is 0.268 e. The Labute approximate surface area is 173 Å². The molecule has 0 aromatic carbocycles. The van der Waals surface area contributed by atoms with Crippen molar-refractivity contribution in [3.8, 4) is 0 Å². The van der Waals surface area contributed by atoms with E-state index in [-0.39, 0.29) is 11.1 Å². The molecule has 4 aromatic heterocycles. The van der Waals surface area contributed by atoms with Gasteiger partial charge < -0.3 is 9.97 Å². The normalized spacial score (nSPS) is 16.6. The van der Waals surface area contributed by atoms with Crippen LogP contribution in [0, 0.1) is 0 Å². The van der Waals surface area contributed by atoms with Crippen molar-refractivity contribution in [2.75, 3.05) is 26.2 Å². The summed E-state index contributed by atoms with van der Waals surface area (Å²) in [6.45, 7) is 4.88. The molecule has 0 unspecified atom stereocenters. The molecule has 0 bridgehead atoms. The van der Waals surface area contributed by atoms with E-state index < -0.39 is 0 Å². The highest BCUT2D eigenvalue weighted by atomic mass is 32.1. The third kappa shape index (κ3) is 3.88. The molecule has 8 nitrogen and oxygen atoms in total. The number of fused-ring (bicyclic) bond motifs is 2. The summed E-state index contributed by atoms with van der Waals surface area (Å²) in [4.78, 5) is 44.0. The van der Waals surface area contributed by atoms with E-state index in [1.165, 1.54) is 22.7 Å².